The van der Waals surface area contributed by atoms with E-state index >= 15 is 0 Å². The van der Waals surface area contributed by atoms with Crippen molar-refractivity contribution in [2.75, 3.05) is 0 Å². The second-order valence-corrected chi connectivity index (χ2v) is 5.49. The van der Waals surface area contributed by atoms with Gasteiger partial charge in [0.2, 0.25) is 5.91 Å². The highest BCUT2D eigenvalue weighted by Crippen LogP contribution is 2.17. The minimum Gasteiger partial charge on any atom is -0.345 e. The molecule has 3 heteroatoms. The van der Waals surface area contributed by atoms with Crippen molar-refractivity contribution in [1.82, 2.24) is 10.3 Å². The predicted molar refractivity (Wildman–Crippen MR) is 80.3 cm³/mol. The van der Waals surface area contributed by atoms with Crippen LogP contribution in [0.1, 0.15) is 30.7 Å². The van der Waals surface area contributed by atoms with E-state index in [2.05, 4.69) is 10.3 Å². The molecule has 0 fully saturated rings. The third-order valence-electron chi connectivity index (χ3n) is 3.37. The Labute approximate surface area is 120 Å². The summed E-state index contributed by atoms with van der Waals surface area (Å²) in [5, 5.41) is 3.05. The van der Waals surface area contributed by atoms with Crippen LogP contribution in [0, 0.1) is 6.92 Å². The maximum absolute atomic E-state index is 12.2. The molecule has 0 atom stereocenters. The molecule has 0 aliphatic carbocycles. The summed E-state index contributed by atoms with van der Waals surface area (Å²) in [7, 11) is 0. The zero-order valence-corrected chi connectivity index (χ0v) is 12.2. The molecule has 3 nitrogen and oxygen atoms in total. The summed E-state index contributed by atoms with van der Waals surface area (Å²) in [6, 6.07) is 13.7. The van der Waals surface area contributed by atoms with Gasteiger partial charge in [0.15, 0.2) is 0 Å². The topological polar surface area (TPSA) is 42.0 Å². The Hall–Kier alpha value is -2.16. The molecule has 20 heavy (non-hydrogen) atoms. The molecule has 0 saturated heterocycles. The van der Waals surface area contributed by atoms with Crippen LogP contribution >= 0.6 is 0 Å². The lowest BCUT2D eigenvalue weighted by Gasteiger charge is -2.25. The molecule has 0 aliphatic rings. The van der Waals surface area contributed by atoms with E-state index in [4.69, 9.17) is 0 Å². The van der Waals surface area contributed by atoms with Crippen molar-refractivity contribution in [2.45, 2.75) is 32.7 Å². The number of hydrogen-bond acceptors (Lipinski definition) is 2. The molecule has 1 aromatic carbocycles. The van der Waals surface area contributed by atoms with Crippen LogP contribution in [0.5, 0.6) is 0 Å². The highest BCUT2D eigenvalue weighted by Gasteiger charge is 2.24. The number of pyridine rings is 1. The van der Waals surface area contributed by atoms with Crippen LogP contribution in [0.25, 0.3) is 0 Å². The van der Waals surface area contributed by atoms with E-state index < -0.39 is 5.54 Å². The van der Waals surface area contributed by atoms with Crippen LogP contribution in [-0.4, -0.2) is 10.9 Å². The smallest absolute Gasteiger partial charge is 0.225 e. The molecular weight excluding hydrogens is 248 g/mol. The number of benzene rings is 1. The average molecular weight is 268 g/mol. The molecule has 104 valence electrons. The first-order chi connectivity index (χ1) is 9.49. The van der Waals surface area contributed by atoms with Gasteiger partial charge in [0.25, 0.3) is 0 Å². The van der Waals surface area contributed by atoms with Gasteiger partial charge in [-0.25, -0.2) is 0 Å². The summed E-state index contributed by atoms with van der Waals surface area (Å²) < 4.78 is 0. The molecule has 0 unspecified atom stereocenters. The summed E-state index contributed by atoms with van der Waals surface area (Å²) in [6.07, 6.45) is 2.13. The van der Waals surface area contributed by atoms with Crippen LogP contribution in [0.3, 0.4) is 0 Å². The summed E-state index contributed by atoms with van der Waals surface area (Å²) in [5.41, 5.74) is 2.58. The standard InChI is InChI=1S/C17H20N2O/c1-13-8-4-5-9-14(13)12-16(20)19-17(2,3)15-10-6-7-11-18-15/h4-11H,12H2,1-3H3,(H,19,20). The van der Waals surface area contributed by atoms with E-state index in [1.807, 2.05) is 63.2 Å². The van der Waals surface area contributed by atoms with Crippen LogP contribution in [0.2, 0.25) is 0 Å². The number of amides is 1. The molecule has 2 aromatic rings. The van der Waals surface area contributed by atoms with Gasteiger partial charge < -0.3 is 5.32 Å². The third-order valence-corrected chi connectivity index (χ3v) is 3.37. The largest absolute Gasteiger partial charge is 0.345 e. The van der Waals surface area contributed by atoms with Crippen molar-refractivity contribution in [1.29, 1.82) is 0 Å². The Morgan fingerprint density at radius 3 is 2.50 bits per heavy atom. The van der Waals surface area contributed by atoms with E-state index in [0.717, 1.165) is 16.8 Å². The number of nitrogens with zero attached hydrogens (tertiary/aromatic N) is 1. The van der Waals surface area contributed by atoms with E-state index in [-0.39, 0.29) is 5.91 Å². The maximum atomic E-state index is 12.2. The summed E-state index contributed by atoms with van der Waals surface area (Å²) in [5.74, 6) is 0.00922. The summed E-state index contributed by atoms with van der Waals surface area (Å²) >= 11 is 0. The maximum Gasteiger partial charge on any atom is 0.225 e. The van der Waals surface area contributed by atoms with E-state index in [1.54, 1.807) is 6.20 Å². The summed E-state index contributed by atoms with van der Waals surface area (Å²) in [4.78, 5) is 16.5. The van der Waals surface area contributed by atoms with Crippen molar-refractivity contribution >= 4 is 5.91 Å². The first-order valence-corrected chi connectivity index (χ1v) is 6.76. The molecule has 0 aliphatic heterocycles. The normalized spacial score (nSPS) is 11.2. The quantitative estimate of drug-likeness (QED) is 0.926. The van der Waals surface area contributed by atoms with Gasteiger partial charge in [0, 0.05) is 6.20 Å². The van der Waals surface area contributed by atoms with Gasteiger partial charge in [-0.3, -0.25) is 9.78 Å². The monoisotopic (exact) mass is 268 g/mol. The number of nitrogens with one attached hydrogen (secondary N) is 1. The van der Waals surface area contributed by atoms with E-state index in [1.165, 1.54) is 0 Å². The molecule has 1 aromatic heterocycles. The Morgan fingerprint density at radius 1 is 1.15 bits per heavy atom. The second kappa shape index (κ2) is 5.87. The molecule has 1 amide bonds. The lowest BCUT2D eigenvalue weighted by Crippen LogP contribution is -2.42. The van der Waals surface area contributed by atoms with Gasteiger partial charge >= 0.3 is 0 Å². The van der Waals surface area contributed by atoms with Crippen LogP contribution in [0.4, 0.5) is 0 Å². The second-order valence-electron chi connectivity index (χ2n) is 5.49. The fourth-order valence-corrected chi connectivity index (χ4v) is 2.17. The zero-order valence-electron chi connectivity index (χ0n) is 12.2. The molecule has 0 bridgehead atoms. The fourth-order valence-electron chi connectivity index (χ4n) is 2.17. The first-order valence-electron chi connectivity index (χ1n) is 6.76. The highest BCUT2D eigenvalue weighted by molar-refractivity contribution is 5.79. The number of carbonyl (C=O) groups is 1. The zero-order chi connectivity index (χ0) is 14.6. The molecule has 0 saturated carbocycles. The number of aryl methyl sites for hydroxylation is 1. The average Bonchev–Trinajstić information content (AvgIpc) is 2.42. The van der Waals surface area contributed by atoms with Crippen LogP contribution in [0.15, 0.2) is 48.7 Å². The van der Waals surface area contributed by atoms with Crippen molar-refractivity contribution < 1.29 is 4.79 Å². The van der Waals surface area contributed by atoms with Gasteiger partial charge in [-0.2, -0.15) is 0 Å². The minimum absolute atomic E-state index is 0.00922. The lowest BCUT2D eigenvalue weighted by molar-refractivity contribution is -0.122. The molecule has 1 N–H and O–H groups in total. The van der Waals surface area contributed by atoms with Gasteiger partial charge in [-0.1, -0.05) is 30.3 Å². The number of rotatable bonds is 4. The van der Waals surface area contributed by atoms with E-state index in [9.17, 15) is 4.79 Å². The fraction of sp³-hybridized carbons (Fsp3) is 0.294. The number of hydrogen-bond donors (Lipinski definition) is 1. The van der Waals surface area contributed by atoms with Gasteiger partial charge in [0.1, 0.15) is 0 Å². The molecular formula is C17H20N2O. The van der Waals surface area contributed by atoms with Crippen molar-refractivity contribution in [3.05, 3.63) is 65.5 Å². The lowest BCUT2D eigenvalue weighted by atomic mass is 9.98. The predicted octanol–water partition coefficient (Wildman–Crippen LogP) is 2.98. The Bertz CT molecular complexity index is 591. The molecule has 1 heterocycles. The van der Waals surface area contributed by atoms with Crippen LogP contribution < -0.4 is 5.32 Å². The molecule has 0 radical (unpaired) electrons. The van der Waals surface area contributed by atoms with Crippen molar-refractivity contribution in [3.63, 3.8) is 0 Å². The Balaban J connectivity index is 2.07. The van der Waals surface area contributed by atoms with Gasteiger partial charge in [-0.05, 0) is 44.0 Å². The molecule has 0 spiro atoms. The first kappa shape index (κ1) is 14.3. The third kappa shape index (κ3) is 3.44. The number of aromatic nitrogens is 1. The Kier molecular flexibility index (Phi) is 4.18. The minimum atomic E-state index is -0.471. The number of carbonyl (C=O) groups excluding carboxylic acids is 1. The van der Waals surface area contributed by atoms with Gasteiger partial charge in [0.05, 0.1) is 17.7 Å². The SMILES string of the molecule is Cc1ccccc1CC(=O)NC(C)(C)c1ccccn1. The Morgan fingerprint density at radius 2 is 1.85 bits per heavy atom. The highest BCUT2D eigenvalue weighted by atomic mass is 16.1. The van der Waals surface area contributed by atoms with Gasteiger partial charge in [-0.15, -0.1) is 0 Å². The van der Waals surface area contributed by atoms with Crippen LogP contribution in [-0.2, 0) is 16.8 Å². The van der Waals surface area contributed by atoms with Crippen molar-refractivity contribution in [2.24, 2.45) is 0 Å². The molecule has 2 rings (SSSR count). The summed E-state index contributed by atoms with van der Waals surface area (Å²) in [6.45, 7) is 5.95. The van der Waals surface area contributed by atoms with E-state index in [0.29, 0.717) is 6.42 Å². The van der Waals surface area contributed by atoms with Crippen molar-refractivity contribution in [3.8, 4) is 0 Å².